The average Bonchev–Trinajstić information content (AvgIpc) is 2.84. The van der Waals surface area contributed by atoms with Crippen molar-refractivity contribution in [3.8, 4) is 0 Å². The largest absolute Gasteiger partial charge is 0.469 e. The van der Waals surface area contributed by atoms with E-state index in [1.807, 2.05) is 6.92 Å². The Morgan fingerprint density at radius 1 is 1.00 bits per heavy atom. The van der Waals surface area contributed by atoms with E-state index in [-0.39, 0.29) is 40.2 Å². The van der Waals surface area contributed by atoms with Crippen LogP contribution in [0, 0.1) is 50.2 Å². The summed E-state index contributed by atoms with van der Waals surface area (Å²) in [7, 11) is 1.47. The highest BCUT2D eigenvalue weighted by atomic mass is 16.5. The zero-order valence-corrected chi connectivity index (χ0v) is 23.6. The van der Waals surface area contributed by atoms with E-state index in [0.29, 0.717) is 43.3 Å². The highest BCUT2D eigenvalue weighted by Gasteiger charge is 2.71. The number of allylic oxidation sites excluding steroid dienone is 1. The Balaban J connectivity index is 1.63. The number of carbonyl (C=O) groups is 2. The molecule has 36 heavy (non-hydrogen) atoms. The van der Waals surface area contributed by atoms with Gasteiger partial charge in [0.2, 0.25) is 0 Å². The Morgan fingerprint density at radius 3 is 2.31 bits per heavy atom. The van der Waals surface area contributed by atoms with Crippen LogP contribution in [0.1, 0.15) is 99.3 Å². The standard InChI is InChI=1S/C31H48O5/c1-26(2)20-10-13-30(6)21(28(20,4)12-11-22(26)33)9-8-19-23-24(34)27(3,18-32)14-16-31(23,25(35)36-7)17-15-29(19,30)5/h8,20-21,23-24,32,34H,9-18H2,1-7H3. The number of rotatable bonds is 2. The Bertz CT molecular complexity index is 999. The molecule has 0 bridgehead atoms. The molecule has 2 N–H and O–H groups in total. The lowest BCUT2D eigenvalue weighted by Gasteiger charge is -2.71. The Morgan fingerprint density at radius 2 is 1.67 bits per heavy atom. The van der Waals surface area contributed by atoms with Crippen LogP contribution in [-0.2, 0) is 14.3 Å². The molecular weight excluding hydrogens is 452 g/mol. The van der Waals surface area contributed by atoms with Crippen LogP contribution >= 0.6 is 0 Å². The van der Waals surface area contributed by atoms with Gasteiger partial charge in [0, 0.05) is 23.2 Å². The van der Waals surface area contributed by atoms with Crippen molar-refractivity contribution in [2.75, 3.05) is 13.7 Å². The fourth-order valence-corrected chi connectivity index (χ4v) is 10.7. The van der Waals surface area contributed by atoms with Gasteiger partial charge in [0.25, 0.3) is 0 Å². The van der Waals surface area contributed by atoms with Crippen molar-refractivity contribution >= 4 is 11.8 Å². The highest BCUT2D eigenvalue weighted by Crippen LogP contribution is 2.75. The second kappa shape index (κ2) is 7.91. The zero-order chi connectivity index (χ0) is 26.5. The third-order valence-corrected chi connectivity index (χ3v) is 13.4. The van der Waals surface area contributed by atoms with Crippen molar-refractivity contribution in [2.45, 2.75) is 105 Å². The van der Waals surface area contributed by atoms with E-state index in [9.17, 15) is 19.8 Å². The fraction of sp³-hybridized carbons (Fsp3) is 0.871. The Hall–Kier alpha value is -1.20. The van der Waals surface area contributed by atoms with Gasteiger partial charge < -0.3 is 14.9 Å². The molecule has 0 radical (unpaired) electrons. The van der Waals surface area contributed by atoms with E-state index in [2.05, 4.69) is 40.7 Å². The lowest BCUT2D eigenvalue weighted by Crippen LogP contribution is -2.66. The number of ketones is 1. The molecule has 202 valence electrons. The Kier molecular flexibility index (Phi) is 5.80. The summed E-state index contributed by atoms with van der Waals surface area (Å²) in [5.41, 5.74) is -0.433. The predicted molar refractivity (Wildman–Crippen MR) is 139 cm³/mol. The van der Waals surface area contributed by atoms with Gasteiger partial charge in [-0.1, -0.05) is 53.2 Å². The quantitative estimate of drug-likeness (QED) is 0.388. The lowest BCUT2D eigenvalue weighted by atomic mass is 9.33. The highest BCUT2D eigenvalue weighted by molar-refractivity contribution is 5.85. The summed E-state index contributed by atoms with van der Waals surface area (Å²) >= 11 is 0. The van der Waals surface area contributed by atoms with Crippen molar-refractivity contribution in [1.29, 1.82) is 0 Å². The molecule has 0 amide bonds. The summed E-state index contributed by atoms with van der Waals surface area (Å²) in [6.45, 7) is 13.5. The molecule has 0 aromatic rings. The minimum absolute atomic E-state index is 0.0217. The fourth-order valence-electron chi connectivity index (χ4n) is 10.7. The molecule has 0 saturated heterocycles. The monoisotopic (exact) mass is 500 g/mol. The molecule has 0 aromatic heterocycles. The summed E-state index contributed by atoms with van der Waals surface area (Å²) in [5, 5.41) is 22.2. The van der Waals surface area contributed by atoms with Crippen LogP contribution in [0.25, 0.3) is 0 Å². The molecule has 5 rings (SSSR count). The van der Waals surface area contributed by atoms with Crippen molar-refractivity contribution < 1.29 is 24.5 Å². The first kappa shape index (κ1) is 26.4. The summed E-state index contributed by atoms with van der Waals surface area (Å²) in [4.78, 5) is 26.3. The number of hydrogen-bond donors (Lipinski definition) is 2. The van der Waals surface area contributed by atoms with E-state index >= 15 is 0 Å². The minimum atomic E-state index is -0.792. The first-order valence-corrected chi connectivity index (χ1v) is 14.3. The van der Waals surface area contributed by atoms with Crippen molar-refractivity contribution in [3.63, 3.8) is 0 Å². The third kappa shape index (κ3) is 2.96. The maximum atomic E-state index is 13.4. The molecule has 0 aliphatic heterocycles. The summed E-state index contributed by atoms with van der Waals surface area (Å²) in [6, 6.07) is 0. The second-order valence-corrected chi connectivity index (χ2v) is 14.8. The molecule has 9 atom stereocenters. The number of Topliss-reactive ketones (excluding diaryl/α,β-unsaturated/α-hetero) is 1. The minimum Gasteiger partial charge on any atom is -0.469 e. The number of aliphatic hydroxyl groups is 2. The van der Waals surface area contributed by atoms with Crippen molar-refractivity contribution in [3.05, 3.63) is 11.6 Å². The molecule has 5 aliphatic carbocycles. The topological polar surface area (TPSA) is 83.8 Å². The van der Waals surface area contributed by atoms with E-state index in [1.54, 1.807) is 0 Å². The summed E-state index contributed by atoms with van der Waals surface area (Å²) < 4.78 is 5.39. The molecule has 4 saturated carbocycles. The molecule has 0 aromatic carbocycles. The second-order valence-electron chi connectivity index (χ2n) is 14.8. The van der Waals surface area contributed by atoms with Crippen LogP contribution in [0.5, 0.6) is 0 Å². The predicted octanol–water partition coefficient (Wildman–Crippen LogP) is 5.47. The normalized spacial score (nSPS) is 51.7. The van der Waals surface area contributed by atoms with E-state index in [4.69, 9.17) is 4.74 Å². The van der Waals surface area contributed by atoms with Crippen LogP contribution in [0.15, 0.2) is 11.6 Å². The van der Waals surface area contributed by atoms with E-state index < -0.39 is 16.9 Å². The van der Waals surface area contributed by atoms with Gasteiger partial charge in [-0.25, -0.2) is 0 Å². The number of carbonyl (C=O) groups excluding carboxylic acids is 2. The smallest absolute Gasteiger partial charge is 0.312 e. The van der Waals surface area contributed by atoms with Gasteiger partial charge in [-0.15, -0.1) is 0 Å². The number of aliphatic hydroxyl groups excluding tert-OH is 2. The van der Waals surface area contributed by atoms with Crippen LogP contribution in [-0.4, -0.2) is 41.8 Å². The van der Waals surface area contributed by atoms with Gasteiger partial charge in [-0.3, -0.25) is 9.59 Å². The first-order chi connectivity index (χ1) is 16.7. The molecule has 0 spiro atoms. The maximum Gasteiger partial charge on any atom is 0.312 e. The summed E-state index contributed by atoms with van der Waals surface area (Å²) in [5.74, 6) is 0.729. The van der Waals surface area contributed by atoms with Crippen LogP contribution in [0.3, 0.4) is 0 Å². The number of ether oxygens (including phenoxy) is 1. The third-order valence-electron chi connectivity index (χ3n) is 13.4. The van der Waals surface area contributed by atoms with Gasteiger partial charge in [-0.2, -0.15) is 0 Å². The number of methoxy groups -OCH3 is 1. The lowest BCUT2D eigenvalue weighted by molar-refractivity contribution is -0.204. The van der Waals surface area contributed by atoms with Gasteiger partial charge in [0.05, 0.1) is 25.2 Å². The number of hydrogen-bond acceptors (Lipinski definition) is 5. The molecule has 9 unspecified atom stereocenters. The SMILES string of the molecule is COC(=O)C12CCC(C)(CO)C(O)C1C1=CCC3C4(C)CCC(=O)C(C)(C)C4CCC3(C)C1(C)CC2. The van der Waals surface area contributed by atoms with Gasteiger partial charge in [0.15, 0.2) is 0 Å². The number of esters is 1. The Labute approximate surface area is 217 Å². The van der Waals surface area contributed by atoms with E-state index in [0.717, 1.165) is 32.1 Å². The summed E-state index contributed by atoms with van der Waals surface area (Å²) in [6.07, 6.45) is 9.13. The first-order valence-electron chi connectivity index (χ1n) is 14.3. The van der Waals surface area contributed by atoms with Gasteiger partial charge in [0.1, 0.15) is 5.78 Å². The molecule has 5 aliphatic rings. The molecule has 5 heteroatoms. The van der Waals surface area contributed by atoms with Crippen LogP contribution in [0.2, 0.25) is 0 Å². The van der Waals surface area contributed by atoms with E-state index in [1.165, 1.54) is 12.7 Å². The molecule has 5 nitrogen and oxygen atoms in total. The maximum absolute atomic E-state index is 13.4. The van der Waals surface area contributed by atoms with Crippen LogP contribution < -0.4 is 0 Å². The van der Waals surface area contributed by atoms with Crippen LogP contribution in [0.4, 0.5) is 0 Å². The zero-order valence-electron chi connectivity index (χ0n) is 23.6. The van der Waals surface area contributed by atoms with Crippen molar-refractivity contribution in [1.82, 2.24) is 0 Å². The molecule has 0 heterocycles. The molecular formula is C31H48O5. The van der Waals surface area contributed by atoms with Gasteiger partial charge in [-0.05, 0) is 79.4 Å². The van der Waals surface area contributed by atoms with Crippen molar-refractivity contribution in [2.24, 2.45) is 50.2 Å². The van der Waals surface area contributed by atoms with Gasteiger partial charge >= 0.3 is 5.97 Å². The number of fused-ring (bicyclic) bond motifs is 7. The molecule has 4 fully saturated rings. The average molecular weight is 501 g/mol.